The van der Waals surface area contributed by atoms with E-state index in [1.54, 1.807) is 11.3 Å². The highest BCUT2D eigenvalue weighted by molar-refractivity contribution is 7.09. The average Bonchev–Trinajstić information content (AvgIpc) is 2.65. The predicted octanol–water partition coefficient (Wildman–Crippen LogP) is 3.72. The minimum Gasteiger partial charge on any atom is -0.310 e. The van der Waals surface area contributed by atoms with E-state index in [1.807, 2.05) is 0 Å². The van der Waals surface area contributed by atoms with Crippen molar-refractivity contribution in [2.75, 3.05) is 6.54 Å². The first-order valence-corrected chi connectivity index (χ1v) is 7.07. The van der Waals surface area contributed by atoms with Crippen LogP contribution >= 0.6 is 11.3 Å². The Hall–Kier alpha value is -0.410. The van der Waals surface area contributed by atoms with Crippen LogP contribution < -0.4 is 5.32 Å². The monoisotopic (exact) mass is 240 g/mol. The van der Waals surface area contributed by atoms with Gasteiger partial charge in [0, 0.05) is 17.3 Å². The van der Waals surface area contributed by atoms with Crippen LogP contribution in [0.4, 0.5) is 0 Å². The molecule has 1 rings (SSSR count). The molecule has 16 heavy (non-hydrogen) atoms. The summed E-state index contributed by atoms with van der Waals surface area (Å²) in [5, 5.41) is 6.84. The molecule has 0 saturated carbocycles. The molecule has 0 unspecified atom stereocenters. The Labute approximate surface area is 103 Å². The average molecular weight is 240 g/mol. The Kier molecular flexibility index (Phi) is 5.42. The van der Waals surface area contributed by atoms with Gasteiger partial charge in [-0.05, 0) is 13.0 Å². The van der Waals surface area contributed by atoms with Crippen molar-refractivity contribution in [3.8, 4) is 0 Å². The van der Waals surface area contributed by atoms with Gasteiger partial charge in [-0.25, -0.2) is 4.98 Å². The fraction of sp³-hybridized carbons (Fsp3) is 0.769. The summed E-state index contributed by atoms with van der Waals surface area (Å²) in [6.07, 6.45) is 3.87. The number of rotatable bonds is 6. The van der Waals surface area contributed by atoms with Crippen LogP contribution in [0.3, 0.4) is 0 Å². The van der Waals surface area contributed by atoms with Crippen LogP contribution in [-0.2, 0) is 12.0 Å². The van der Waals surface area contributed by atoms with Gasteiger partial charge in [0.1, 0.15) is 5.01 Å². The molecule has 0 amide bonds. The number of aromatic nitrogens is 1. The van der Waals surface area contributed by atoms with Gasteiger partial charge in [0.25, 0.3) is 0 Å². The molecule has 0 saturated heterocycles. The quantitative estimate of drug-likeness (QED) is 0.767. The van der Waals surface area contributed by atoms with Crippen LogP contribution in [0.5, 0.6) is 0 Å². The van der Waals surface area contributed by atoms with E-state index >= 15 is 0 Å². The third-order valence-electron chi connectivity index (χ3n) is 2.55. The molecule has 0 aliphatic heterocycles. The van der Waals surface area contributed by atoms with Gasteiger partial charge in [-0.15, -0.1) is 11.3 Å². The summed E-state index contributed by atoms with van der Waals surface area (Å²) in [7, 11) is 0. The fourth-order valence-corrected chi connectivity index (χ4v) is 2.42. The number of hydrogen-bond acceptors (Lipinski definition) is 3. The van der Waals surface area contributed by atoms with Crippen molar-refractivity contribution < 1.29 is 0 Å². The summed E-state index contributed by atoms with van der Waals surface area (Å²) in [6, 6.07) is 0. The minimum atomic E-state index is 0.178. The molecule has 0 aromatic carbocycles. The Balaban J connectivity index is 2.30. The third-order valence-corrected chi connectivity index (χ3v) is 3.40. The summed E-state index contributed by atoms with van der Waals surface area (Å²) in [4.78, 5) is 4.66. The molecule has 0 bridgehead atoms. The van der Waals surface area contributed by atoms with Crippen LogP contribution in [-0.4, -0.2) is 11.5 Å². The number of nitrogens with one attached hydrogen (secondary N) is 1. The highest BCUT2D eigenvalue weighted by atomic mass is 32.1. The number of thiazole rings is 1. The molecule has 0 radical (unpaired) electrons. The summed E-state index contributed by atoms with van der Waals surface area (Å²) in [5.41, 5.74) is 1.39. The second kappa shape index (κ2) is 6.36. The van der Waals surface area contributed by atoms with Crippen molar-refractivity contribution >= 4 is 11.3 Å². The van der Waals surface area contributed by atoms with Gasteiger partial charge >= 0.3 is 0 Å². The third kappa shape index (κ3) is 4.62. The van der Waals surface area contributed by atoms with Gasteiger partial charge in [-0.1, -0.05) is 40.5 Å². The molecular weight excluding hydrogens is 216 g/mol. The first kappa shape index (κ1) is 13.7. The molecule has 2 nitrogen and oxygen atoms in total. The summed E-state index contributed by atoms with van der Waals surface area (Å²) in [5.74, 6) is 0. The second-order valence-corrected chi connectivity index (χ2v) is 6.20. The van der Waals surface area contributed by atoms with E-state index < -0.39 is 0 Å². The zero-order valence-corrected chi connectivity index (χ0v) is 11.8. The van der Waals surface area contributed by atoms with Crippen LogP contribution in [0.2, 0.25) is 0 Å². The number of unbranched alkanes of at least 4 members (excludes halogenated alkanes) is 2. The van der Waals surface area contributed by atoms with E-state index in [0.717, 1.165) is 13.1 Å². The lowest BCUT2D eigenvalue weighted by molar-refractivity contribution is 0.566. The lowest BCUT2D eigenvalue weighted by Crippen LogP contribution is -2.15. The Morgan fingerprint density at radius 1 is 1.31 bits per heavy atom. The maximum atomic E-state index is 4.66. The Bertz CT molecular complexity index is 299. The van der Waals surface area contributed by atoms with E-state index in [1.165, 1.54) is 30.0 Å². The zero-order valence-electron chi connectivity index (χ0n) is 11.0. The van der Waals surface area contributed by atoms with Gasteiger partial charge in [0.15, 0.2) is 0 Å². The number of hydrogen-bond donors (Lipinski definition) is 1. The highest BCUT2D eigenvalue weighted by Gasteiger charge is 2.16. The lowest BCUT2D eigenvalue weighted by atomic mass is 9.93. The second-order valence-electron chi connectivity index (χ2n) is 5.26. The summed E-state index contributed by atoms with van der Waals surface area (Å²) < 4.78 is 0. The molecule has 1 N–H and O–H groups in total. The van der Waals surface area contributed by atoms with Gasteiger partial charge < -0.3 is 5.32 Å². The molecule has 0 atom stereocenters. The van der Waals surface area contributed by atoms with Crippen LogP contribution in [0.25, 0.3) is 0 Å². The Morgan fingerprint density at radius 3 is 2.62 bits per heavy atom. The van der Waals surface area contributed by atoms with Crippen molar-refractivity contribution in [2.45, 2.75) is 58.9 Å². The standard InChI is InChI=1S/C13H24N2S/c1-5-6-7-8-14-9-12-15-11(10-16-12)13(2,3)4/h10,14H,5-9H2,1-4H3. The highest BCUT2D eigenvalue weighted by Crippen LogP contribution is 2.23. The van der Waals surface area contributed by atoms with Crippen molar-refractivity contribution in [1.82, 2.24) is 10.3 Å². The van der Waals surface area contributed by atoms with E-state index in [0.29, 0.717) is 0 Å². The van der Waals surface area contributed by atoms with E-state index in [2.05, 4.69) is 43.4 Å². The largest absolute Gasteiger partial charge is 0.310 e. The molecule has 1 heterocycles. The van der Waals surface area contributed by atoms with Gasteiger partial charge in [-0.3, -0.25) is 0 Å². The zero-order chi connectivity index (χ0) is 12.0. The Morgan fingerprint density at radius 2 is 2.06 bits per heavy atom. The molecule has 0 fully saturated rings. The minimum absolute atomic E-state index is 0.178. The lowest BCUT2D eigenvalue weighted by Gasteiger charge is -2.14. The van der Waals surface area contributed by atoms with Crippen LogP contribution in [0, 0.1) is 0 Å². The molecule has 0 aliphatic rings. The normalized spacial score (nSPS) is 12.0. The maximum Gasteiger partial charge on any atom is 0.107 e. The smallest absolute Gasteiger partial charge is 0.107 e. The van der Waals surface area contributed by atoms with Crippen molar-refractivity contribution in [2.24, 2.45) is 0 Å². The first-order chi connectivity index (χ1) is 7.54. The molecule has 0 spiro atoms. The maximum absolute atomic E-state index is 4.66. The van der Waals surface area contributed by atoms with Crippen molar-refractivity contribution in [1.29, 1.82) is 0 Å². The summed E-state index contributed by atoms with van der Waals surface area (Å²) in [6.45, 7) is 10.9. The molecule has 92 valence electrons. The number of nitrogens with zero attached hydrogens (tertiary/aromatic N) is 1. The van der Waals surface area contributed by atoms with Gasteiger partial charge in [0.05, 0.1) is 5.69 Å². The molecular formula is C13H24N2S. The first-order valence-electron chi connectivity index (χ1n) is 6.19. The van der Waals surface area contributed by atoms with Gasteiger partial charge in [-0.2, -0.15) is 0 Å². The van der Waals surface area contributed by atoms with E-state index in [-0.39, 0.29) is 5.41 Å². The fourth-order valence-electron chi connectivity index (χ4n) is 1.43. The molecule has 0 aliphatic carbocycles. The topological polar surface area (TPSA) is 24.9 Å². The summed E-state index contributed by atoms with van der Waals surface area (Å²) >= 11 is 1.77. The molecule has 3 heteroatoms. The van der Waals surface area contributed by atoms with E-state index in [4.69, 9.17) is 0 Å². The van der Waals surface area contributed by atoms with Gasteiger partial charge in [0.2, 0.25) is 0 Å². The van der Waals surface area contributed by atoms with Crippen LogP contribution in [0.15, 0.2) is 5.38 Å². The van der Waals surface area contributed by atoms with Crippen molar-refractivity contribution in [3.63, 3.8) is 0 Å². The predicted molar refractivity (Wildman–Crippen MR) is 72.0 cm³/mol. The molecule has 1 aromatic heterocycles. The van der Waals surface area contributed by atoms with Crippen molar-refractivity contribution in [3.05, 3.63) is 16.1 Å². The van der Waals surface area contributed by atoms with Crippen LogP contribution in [0.1, 0.15) is 57.7 Å². The molecule has 1 aromatic rings. The SMILES string of the molecule is CCCCCNCc1nc(C(C)(C)C)cs1. The van der Waals surface area contributed by atoms with E-state index in [9.17, 15) is 0 Å².